The summed E-state index contributed by atoms with van der Waals surface area (Å²) >= 11 is 0. The number of carbonyl (C=O) groups excluding carboxylic acids is 2. The van der Waals surface area contributed by atoms with Crippen molar-refractivity contribution in [3.05, 3.63) is 23.8 Å². The van der Waals surface area contributed by atoms with Gasteiger partial charge in [-0.2, -0.15) is 0 Å². The van der Waals surface area contributed by atoms with Crippen LogP contribution in [0.4, 0.5) is 11.4 Å². The van der Waals surface area contributed by atoms with Crippen LogP contribution in [0.1, 0.15) is 17.3 Å². The molecule has 0 atom stereocenters. The van der Waals surface area contributed by atoms with E-state index in [0.29, 0.717) is 17.8 Å². The number of benzene rings is 1. The lowest BCUT2D eigenvalue weighted by molar-refractivity contribution is -0.115. The lowest BCUT2D eigenvalue weighted by atomic mass is 10.1. The van der Waals surface area contributed by atoms with Crippen molar-refractivity contribution in [3.63, 3.8) is 0 Å². The Morgan fingerprint density at radius 2 is 2.29 bits per heavy atom. The van der Waals surface area contributed by atoms with Crippen LogP contribution in [0.2, 0.25) is 0 Å². The van der Waals surface area contributed by atoms with Crippen molar-refractivity contribution in [2.45, 2.75) is 6.92 Å². The van der Waals surface area contributed by atoms with Crippen LogP contribution in [0.15, 0.2) is 18.2 Å². The summed E-state index contributed by atoms with van der Waals surface area (Å²) in [5.41, 5.74) is 2.02. The summed E-state index contributed by atoms with van der Waals surface area (Å²) in [5.74, 6) is -0.475. The Kier molecular flexibility index (Phi) is 2.99. The van der Waals surface area contributed by atoms with Crippen molar-refractivity contribution in [3.8, 4) is 0 Å². The van der Waals surface area contributed by atoms with Crippen molar-refractivity contribution in [2.75, 3.05) is 30.4 Å². The van der Waals surface area contributed by atoms with Crippen LogP contribution in [0.5, 0.6) is 0 Å². The molecule has 0 spiro atoms. The molecule has 1 heterocycles. The average Bonchev–Trinajstić information content (AvgIpc) is 2.35. The zero-order valence-corrected chi connectivity index (χ0v) is 9.82. The molecule has 0 saturated heterocycles. The van der Waals surface area contributed by atoms with Gasteiger partial charge in [0.2, 0.25) is 5.91 Å². The standard InChI is InChI=1S/C12H14N2O3/c1-3-14-7-11(15)13-9-6-8(12(16)17-2)4-5-10(9)14/h4-6H,3,7H2,1-2H3,(H,13,15). The van der Waals surface area contributed by atoms with Gasteiger partial charge in [0.25, 0.3) is 0 Å². The first-order chi connectivity index (χ1) is 8.15. The highest BCUT2D eigenvalue weighted by Crippen LogP contribution is 2.30. The Hall–Kier alpha value is -2.04. The number of hydrogen-bond acceptors (Lipinski definition) is 4. The molecule has 0 saturated carbocycles. The predicted octanol–water partition coefficient (Wildman–Crippen LogP) is 1.25. The van der Waals surface area contributed by atoms with Crippen molar-refractivity contribution in [2.24, 2.45) is 0 Å². The van der Waals surface area contributed by atoms with Gasteiger partial charge < -0.3 is 15.0 Å². The molecular weight excluding hydrogens is 220 g/mol. The highest BCUT2D eigenvalue weighted by atomic mass is 16.5. The van der Waals surface area contributed by atoms with Crippen molar-refractivity contribution in [1.29, 1.82) is 0 Å². The van der Waals surface area contributed by atoms with E-state index < -0.39 is 5.97 Å². The third-order valence-corrected chi connectivity index (χ3v) is 2.75. The number of anilines is 2. The topological polar surface area (TPSA) is 58.6 Å². The minimum Gasteiger partial charge on any atom is -0.465 e. The quantitative estimate of drug-likeness (QED) is 0.782. The summed E-state index contributed by atoms with van der Waals surface area (Å²) in [6.45, 7) is 3.08. The number of hydrogen-bond donors (Lipinski definition) is 1. The Morgan fingerprint density at radius 1 is 1.53 bits per heavy atom. The van der Waals surface area contributed by atoms with E-state index in [0.717, 1.165) is 12.2 Å². The molecule has 2 rings (SSSR count). The minimum atomic E-state index is -0.407. The molecule has 1 aliphatic rings. The SMILES string of the molecule is CCN1CC(=O)Nc2cc(C(=O)OC)ccc21. The first kappa shape index (κ1) is 11.4. The van der Waals surface area contributed by atoms with Gasteiger partial charge in [-0.05, 0) is 25.1 Å². The van der Waals surface area contributed by atoms with Crippen LogP contribution in [-0.2, 0) is 9.53 Å². The van der Waals surface area contributed by atoms with Crippen LogP contribution >= 0.6 is 0 Å². The van der Waals surface area contributed by atoms with Crippen LogP contribution in [-0.4, -0.2) is 32.1 Å². The number of fused-ring (bicyclic) bond motifs is 1. The molecule has 0 radical (unpaired) electrons. The molecule has 0 aliphatic carbocycles. The Balaban J connectivity index is 2.41. The van der Waals surface area contributed by atoms with Gasteiger partial charge in [-0.3, -0.25) is 4.79 Å². The van der Waals surface area contributed by atoms with Gasteiger partial charge in [0.15, 0.2) is 0 Å². The van der Waals surface area contributed by atoms with E-state index in [4.69, 9.17) is 0 Å². The van der Waals surface area contributed by atoms with Gasteiger partial charge in [0.05, 0.1) is 30.6 Å². The molecule has 1 aromatic rings. The van der Waals surface area contributed by atoms with Gasteiger partial charge in [-0.1, -0.05) is 0 Å². The molecule has 0 bridgehead atoms. The molecule has 0 fully saturated rings. The van der Waals surface area contributed by atoms with Crippen LogP contribution in [0.25, 0.3) is 0 Å². The fourth-order valence-corrected chi connectivity index (χ4v) is 1.89. The summed E-state index contributed by atoms with van der Waals surface area (Å²) in [5, 5.41) is 2.76. The first-order valence-electron chi connectivity index (χ1n) is 5.43. The minimum absolute atomic E-state index is 0.0682. The molecule has 1 aromatic carbocycles. The Labute approximate surface area is 99.4 Å². The molecule has 5 heteroatoms. The molecule has 0 unspecified atom stereocenters. The summed E-state index contributed by atoms with van der Waals surface area (Å²) < 4.78 is 4.64. The van der Waals surface area contributed by atoms with Crippen LogP contribution in [0.3, 0.4) is 0 Å². The largest absolute Gasteiger partial charge is 0.465 e. The maximum absolute atomic E-state index is 11.5. The lowest BCUT2D eigenvalue weighted by Gasteiger charge is -2.29. The normalized spacial score (nSPS) is 14.0. The number of ether oxygens (including phenoxy) is 1. The number of carbonyl (C=O) groups is 2. The number of rotatable bonds is 2. The fraction of sp³-hybridized carbons (Fsp3) is 0.333. The van der Waals surface area contributed by atoms with Crippen LogP contribution < -0.4 is 10.2 Å². The summed E-state index contributed by atoms with van der Waals surface area (Å²) in [6.07, 6.45) is 0. The number of nitrogens with one attached hydrogen (secondary N) is 1. The summed E-state index contributed by atoms with van der Waals surface area (Å²) in [4.78, 5) is 24.8. The van der Waals surface area contributed by atoms with Gasteiger partial charge in [-0.25, -0.2) is 4.79 Å². The van der Waals surface area contributed by atoms with Gasteiger partial charge in [-0.15, -0.1) is 0 Å². The molecule has 90 valence electrons. The van der Waals surface area contributed by atoms with Crippen molar-refractivity contribution in [1.82, 2.24) is 0 Å². The zero-order chi connectivity index (χ0) is 12.4. The molecule has 17 heavy (non-hydrogen) atoms. The number of amides is 1. The molecular formula is C12H14N2O3. The van der Waals surface area contributed by atoms with Crippen molar-refractivity contribution < 1.29 is 14.3 Å². The smallest absolute Gasteiger partial charge is 0.337 e. The van der Waals surface area contributed by atoms with E-state index >= 15 is 0 Å². The molecule has 1 N–H and O–H groups in total. The molecule has 5 nitrogen and oxygen atoms in total. The molecule has 0 aromatic heterocycles. The van der Waals surface area contributed by atoms with Gasteiger partial charge >= 0.3 is 5.97 Å². The number of methoxy groups -OCH3 is 1. The molecule has 1 amide bonds. The Bertz CT molecular complexity index is 471. The second kappa shape index (κ2) is 4.45. The molecule has 1 aliphatic heterocycles. The monoisotopic (exact) mass is 234 g/mol. The Morgan fingerprint density at radius 3 is 2.94 bits per heavy atom. The van der Waals surface area contributed by atoms with Crippen molar-refractivity contribution >= 4 is 23.3 Å². The highest BCUT2D eigenvalue weighted by molar-refractivity contribution is 6.03. The van der Waals surface area contributed by atoms with E-state index in [-0.39, 0.29) is 5.91 Å². The third-order valence-electron chi connectivity index (χ3n) is 2.75. The van der Waals surface area contributed by atoms with E-state index in [1.165, 1.54) is 7.11 Å². The second-order valence-electron chi connectivity index (χ2n) is 3.79. The maximum Gasteiger partial charge on any atom is 0.337 e. The van der Waals surface area contributed by atoms with Crippen LogP contribution in [0, 0.1) is 0 Å². The zero-order valence-electron chi connectivity index (χ0n) is 9.82. The van der Waals surface area contributed by atoms with E-state index in [9.17, 15) is 9.59 Å². The summed E-state index contributed by atoms with van der Waals surface area (Å²) in [6, 6.07) is 5.16. The van der Waals surface area contributed by atoms with Gasteiger partial charge in [0.1, 0.15) is 0 Å². The number of esters is 1. The second-order valence-corrected chi connectivity index (χ2v) is 3.79. The first-order valence-corrected chi connectivity index (χ1v) is 5.43. The number of likely N-dealkylation sites (N-methyl/N-ethyl adjacent to an activating group) is 1. The number of nitrogens with zero attached hydrogens (tertiary/aromatic N) is 1. The highest BCUT2D eigenvalue weighted by Gasteiger charge is 2.21. The van der Waals surface area contributed by atoms with E-state index in [1.807, 2.05) is 17.9 Å². The maximum atomic E-state index is 11.5. The average molecular weight is 234 g/mol. The van der Waals surface area contributed by atoms with E-state index in [1.54, 1.807) is 12.1 Å². The van der Waals surface area contributed by atoms with Gasteiger partial charge in [0, 0.05) is 6.54 Å². The summed E-state index contributed by atoms with van der Waals surface area (Å²) in [7, 11) is 1.33. The predicted molar refractivity (Wildman–Crippen MR) is 64.3 cm³/mol. The van der Waals surface area contributed by atoms with E-state index in [2.05, 4.69) is 10.1 Å². The fourth-order valence-electron chi connectivity index (χ4n) is 1.89. The lowest BCUT2D eigenvalue weighted by Crippen LogP contribution is -2.38. The third kappa shape index (κ3) is 2.08.